The van der Waals surface area contributed by atoms with Gasteiger partial charge in [-0.25, -0.2) is 13.8 Å². The highest BCUT2D eigenvalue weighted by atomic mass is 35.5. The largest absolute Gasteiger partial charge is 0.469 e. The fourth-order valence-electron chi connectivity index (χ4n) is 1.98. The molecule has 0 fully saturated rings. The highest BCUT2D eigenvalue weighted by molar-refractivity contribution is 7.46. The number of aliphatic hydroxyl groups is 1. The number of phosphoric ester groups is 1. The van der Waals surface area contributed by atoms with Gasteiger partial charge in [-0.15, -0.1) is 0 Å². The van der Waals surface area contributed by atoms with Crippen LogP contribution >= 0.6 is 19.4 Å². The molecule has 0 saturated heterocycles. The summed E-state index contributed by atoms with van der Waals surface area (Å²) in [6, 6.07) is 3.35. The van der Waals surface area contributed by atoms with Gasteiger partial charge >= 0.3 is 13.9 Å². The molecular formula is C14H21ClFN2O6P. The average molecular weight is 399 g/mol. The SMILES string of the molecule is C[C@@H](C[C@@H](O)COP(=O)(O)O)N(C)C(=O)NCc1cccc(F)c1Cl. The molecule has 1 rings (SSSR count). The van der Waals surface area contributed by atoms with Crippen molar-refractivity contribution in [3.63, 3.8) is 0 Å². The van der Waals surface area contributed by atoms with E-state index in [1.165, 1.54) is 24.1 Å². The summed E-state index contributed by atoms with van der Waals surface area (Å²) in [6.45, 7) is 1.12. The number of carbonyl (C=O) groups excluding carboxylic acids is 1. The minimum Gasteiger partial charge on any atom is -0.391 e. The molecule has 1 aromatic carbocycles. The molecule has 4 N–H and O–H groups in total. The van der Waals surface area contributed by atoms with E-state index in [1.807, 2.05) is 0 Å². The summed E-state index contributed by atoms with van der Waals surface area (Å²) in [7, 11) is -3.17. The number of urea groups is 1. The molecule has 2 amide bonds. The first-order chi connectivity index (χ1) is 11.5. The molecule has 142 valence electrons. The molecule has 0 aromatic heterocycles. The van der Waals surface area contributed by atoms with Gasteiger partial charge in [-0.2, -0.15) is 0 Å². The third-order valence-corrected chi connectivity index (χ3v) is 4.40. The lowest BCUT2D eigenvalue weighted by Crippen LogP contribution is -2.43. The minimum atomic E-state index is -4.66. The van der Waals surface area contributed by atoms with E-state index in [0.717, 1.165) is 0 Å². The van der Waals surface area contributed by atoms with Crippen molar-refractivity contribution < 1.29 is 33.2 Å². The number of halogens is 2. The molecule has 0 saturated carbocycles. The smallest absolute Gasteiger partial charge is 0.391 e. The van der Waals surface area contributed by atoms with Crippen LogP contribution < -0.4 is 5.32 Å². The van der Waals surface area contributed by atoms with Crippen molar-refractivity contribution >= 4 is 25.5 Å². The molecular weight excluding hydrogens is 378 g/mol. The number of benzene rings is 1. The number of nitrogens with zero attached hydrogens (tertiary/aromatic N) is 1. The maximum absolute atomic E-state index is 13.3. The van der Waals surface area contributed by atoms with Crippen molar-refractivity contribution in [3.05, 3.63) is 34.6 Å². The average Bonchev–Trinajstić information content (AvgIpc) is 2.52. The Morgan fingerprint density at radius 2 is 2.12 bits per heavy atom. The Bertz CT molecular complexity index is 644. The Hall–Kier alpha value is -1.22. The molecule has 0 bridgehead atoms. The lowest BCUT2D eigenvalue weighted by atomic mass is 10.1. The van der Waals surface area contributed by atoms with Crippen LogP contribution in [0.1, 0.15) is 18.9 Å². The summed E-state index contributed by atoms with van der Waals surface area (Å²) in [4.78, 5) is 30.6. The van der Waals surface area contributed by atoms with Gasteiger partial charge in [-0.3, -0.25) is 4.52 Å². The molecule has 0 heterocycles. The standard InChI is InChI=1S/C14H21ClFN2O6P/c1-9(6-11(19)8-24-25(21,22)23)18(2)14(20)17-7-10-4-3-5-12(16)13(10)15/h3-5,9,11,19H,6-8H2,1-2H3,(H,17,20)(H2,21,22,23)/t9-,11+/m0/s1. The Morgan fingerprint density at radius 3 is 2.72 bits per heavy atom. The molecule has 25 heavy (non-hydrogen) atoms. The zero-order chi connectivity index (χ0) is 19.2. The number of rotatable bonds is 8. The van der Waals surface area contributed by atoms with Gasteiger partial charge in [0.25, 0.3) is 0 Å². The molecule has 0 unspecified atom stereocenters. The molecule has 0 aliphatic carbocycles. The van der Waals surface area contributed by atoms with E-state index in [2.05, 4.69) is 9.84 Å². The summed E-state index contributed by atoms with van der Waals surface area (Å²) in [6.07, 6.45) is -1.11. The second kappa shape index (κ2) is 9.47. The second-order valence-corrected chi connectivity index (χ2v) is 7.12. The lowest BCUT2D eigenvalue weighted by Gasteiger charge is -2.27. The van der Waals surface area contributed by atoms with Crippen LogP contribution in [0.15, 0.2) is 18.2 Å². The predicted octanol–water partition coefficient (Wildman–Crippen LogP) is 1.87. The number of aliphatic hydroxyl groups excluding tert-OH is 1. The normalized spacial score (nSPS) is 14.0. The Balaban J connectivity index is 2.49. The Kier molecular flexibility index (Phi) is 8.27. The van der Waals surface area contributed by atoms with Gasteiger partial charge in [-0.1, -0.05) is 23.7 Å². The van der Waals surface area contributed by atoms with Crippen LogP contribution in [0.3, 0.4) is 0 Å². The molecule has 0 aliphatic rings. The van der Waals surface area contributed by atoms with Crippen LogP contribution in [0.5, 0.6) is 0 Å². The topological polar surface area (TPSA) is 119 Å². The van der Waals surface area contributed by atoms with Crippen LogP contribution in [0.4, 0.5) is 9.18 Å². The van der Waals surface area contributed by atoms with Crippen molar-refractivity contribution in [1.82, 2.24) is 10.2 Å². The first kappa shape index (κ1) is 21.8. The highest BCUT2D eigenvalue weighted by Gasteiger charge is 2.22. The monoisotopic (exact) mass is 398 g/mol. The van der Waals surface area contributed by atoms with Crippen LogP contribution in [0, 0.1) is 5.82 Å². The van der Waals surface area contributed by atoms with E-state index in [9.17, 15) is 18.9 Å². The number of carbonyl (C=O) groups is 1. The maximum Gasteiger partial charge on any atom is 0.469 e. The van der Waals surface area contributed by atoms with E-state index < -0.39 is 38.4 Å². The van der Waals surface area contributed by atoms with Crippen molar-refractivity contribution in [3.8, 4) is 0 Å². The van der Waals surface area contributed by atoms with Crippen molar-refractivity contribution in [1.29, 1.82) is 0 Å². The van der Waals surface area contributed by atoms with Crippen molar-refractivity contribution in [2.45, 2.75) is 32.0 Å². The van der Waals surface area contributed by atoms with Gasteiger partial charge in [0, 0.05) is 19.6 Å². The summed E-state index contributed by atoms with van der Waals surface area (Å²) in [5.74, 6) is -0.580. The molecule has 0 spiro atoms. The van der Waals surface area contributed by atoms with Gasteiger partial charge in [0.15, 0.2) is 0 Å². The van der Waals surface area contributed by atoms with Crippen LogP contribution in [0.2, 0.25) is 5.02 Å². The third-order valence-electron chi connectivity index (χ3n) is 3.49. The summed E-state index contributed by atoms with van der Waals surface area (Å²) < 4.78 is 28.1. The zero-order valence-electron chi connectivity index (χ0n) is 13.7. The summed E-state index contributed by atoms with van der Waals surface area (Å²) in [5, 5.41) is 12.2. The molecule has 1 aromatic rings. The zero-order valence-corrected chi connectivity index (χ0v) is 15.4. The predicted molar refractivity (Wildman–Crippen MR) is 89.5 cm³/mol. The van der Waals surface area contributed by atoms with E-state index >= 15 is 0 Å². The van der Waals surface area contributed by atoms with Crippen LogP contribution in [0.25, 0.3) is 0 Å². The molecule has 11 heteroatoms. The molecule has 8 nitrogen and oxygen atoms in total. The number of nitrogens with one attached hydrogen (secondary N) is 1. The molecule has 0 radical (unpaired) electrons. The quantitative estimate of drug-likeness (QED) is 0.496. The third kappa shape index (κ3) is 7.68. The Morgan fingerprint density at radius 1 is 1.48 bits per heavy atom. The number of phosphoric acid groups is 1. The first-order valence-corrected chi connectivity index (χ1v) is 9.23. The van der Waals surface area contributed by atoms with Gasteiger partial charge in [-0.05, 0) is 25.0 Å². The summed E-state index contributed by atoms with van der Waals surface area (Å²) in [5.41, 5.74) is 0.422. The van der Waals surface area contributed by atoms with E-state index in [1.54, 1.807) is 13.0 Å². The van der Waals surface area contributed by atoms with Gasteiger partial charge in [0.05, 0.1) is 17.7 Å². The lowest BCUT2D eigenvalue weighted by molar-refractivity contribution is 0.0634. The number of hydrogen-bond donors (Lipinski definition) is 4. The Labute approximate surface area is 149 Å². The van der Waals surface area contributed by atoms with E-state index in [0.29, 0.717) is 5.56 Å². The minimum absolute atomic E-state index is 0.0242. The van der Waals surface area contributed by atoms with Crippen LogP contribution in [-0.2, 0) is 15.6 Å². The van der Waals surface area contributed by atoms with Gasteiger partial charge in [0.1, 0.15) is 5.82 Å². The number of amides is 2. The maximum atomic E-state index is 13.3. The van der Waals surface area contributed by atoms with E-state index in [4.69, 9.17) is 21.4 Å². The van der Waals surface area contributed by atoms with Crippen molar-refractivity contribution in [2.24, 2.45) is 0 Å². The van der Waals surface area contributed by atoms with Crippen LogP contribution in [-0.4, -0.2) is 51.6 Å². The summed E-state index contributed by atoms with van der Waals surface area (Å²) >= 11 is 5.81. The molecule has 0 aliphatic heterocycles. The molecule has 2 atom stereocenters. The fourth-order valence-corrected chi connectivity index (χ4v) is 2.54. The van der Waals surface area contributed by atoms with Crippen molar-refractivity contribution in [2.75, 3.05) is 13.7 Å². The fraction of sp³-hybridized carbons (Fsp3) is 0.500. The number of hydrogen-bond acceptors (Lipinski definition) is 4. The first-order valence-electron chi connectivity index (χ1n) is 7.33. The van der Waals surface area contributed by atoms with Gasteiger partial charge < -0.3 is 25.1 Å². The van der Waals surface area contributed by atoms with Gasteiger partial charge in [0.2, 0.25) is 0 Å². The van der Waals surface area contributed by atoms with E-state index in [-0.39, 0.29) is 18.0 Å². The highest BCUT2D eigenvalue weighted by Crippen LogP contribution is 2.35. The second-order valence-electron chi connectivity index (χ2n) is 5.51.